The van der Waals surface area contributed by atoms with E-state index in [1.807, 2.05) is 11.0 Å². The van der Waals surface area contributed by atoms with Gasteiger partial charge in [0.2, 0.25) is 5.91 Å². The number of likely N-dealkylation sites (tertiary alicyclic amines) is 1. The fourth-order valence-corrected chi connectivity index (χ4v) is 2.91. The van der Waals surface area contributed by atoms with Crippen molar-refractivity contribution >= 4 is 11.9 Å². The number of carboxylic acids is 1. The number of rotatable bonds is 3. The van der Waals surface area contributed by atoms with Gasteiger partial charge in [0, 0.05) is 24.9 Å². The van der Waals surface area contributed by atoms with Crippen molar-refractivity contribution < 1.29 is 14.7 Å². The molecule has 1 saturated carbocycles. The van der Waals surface area contributed by atoms with Crippen molar-refractivity contribution in [2.24, 2.45) is 11.8 Å². The summed E-state index contributed by atoms with van der Waals surface area (Å²) in [7, 11) is 0. The summed E-state index contributed by atoms with van der Waals surface area (Å²) in [5, 5.41) is 8.93. The van der Waals surface area contributed by atoms with Crippen LogP contribution in [-0.4, -0.2) is 34.5 Å². The Morgan fingerprint density at radius 1 is 1.35 bits per heavy atom. The summed E-state index contributed by atoms with van der Waals surface area (Å²) < 4.78 is 0. The Bertz CT molecular complexity index is 332. The molecule has 1 aliphatic heterocycles. The molecule has 0 aromatic heterocycles. The summed E-state index contributed by atoms with van der Waals surface area (Å²) in [6.07, 6.45) is 5.47. The van der Waals surface area contributed by atoms with Crippen molar-refractivity contribution in [1.82, 2.24) is 4.90 Å². The zero-order valence-corrected chi connectivity index (χ0v) is 9.97. The molecule has 1 heterocycles. The van der Waals surface area contributed by atoms with E-state index in [0.29, 0.717) is 19.3 Å². The lowest BCUT2D eigenvalue weighted by Gasteiger charge is -2.33. The van der Waals surface area contributed by atoms with Crippen molar-refractivity contribution in [2.75, 3.05) is 6.54 Å². The van der Waals surface area contributed by atoms with E-state index in [-0.39, 0.29) is 23.8 Å². The molecule has 0 aromatic carbocycles. The van der Waals surface area contributed by atoms with Crippen LogP contribution in [0.1, 0.15) is 32.1 Å². The van der Waals surface area contributed by atoms with Crippen LogP contribution in [-0.2, 0) is 9.59 Å². The van der Waals surface area contributed by atoms with Crippen LogP contribution < -0.4 is 0 Å². The molecule has 0 spiro atoms. The van der Waals surface area contributed by atoms with E-state index < -0.39 is 5.97 Å². The minimum absolute atomic E-state index is 0.202. The maximum Gasteiger partial charge on any atom is 0.306 e. The third-order valence-electron chi connectivity index (χ3n) is 4.01. The first-order valence-corrected chi connectivity index (χ1v) is 6.26. The number of carboxylic acid groups (broad SMARTS) is 1. The van der Waals surface area contributed by atoms with Gasteiger partial charge in [0.15, 0.2) is 0 Å². The van der Waals surface area contributed by atoms with Crippen molar-refractivity contribution in [1.29, 1.82) is 0 Å². The molecule has 1 atom stereocenters. The number of hydrogen-bond acceptors (Lipinski definition) is 2. The average Bonchev–Trinajstić information content (AvgIpc) is 2.71. The highest BCUT2D eigenvalue weighted by atomic mass is 16.4. The Morgan fingerprint density at radius 3 is 2.47 bits per heavy atom. The van der Waals surface area contributed by atoms with Crippen LogP contribution in [0.25, 0.3) is 0 Å². The molecule has 2 aliphatic rings. The Morgan fingerprint density at radius 2 is 2.00 bits per heavy atom. The van der Waals surface area contributed by atoms with Crippen molar-refractivity contribution in [3.05, 3.63) is 12.7 Å². The highest BCUT2D eigenvalue weighted by molar-refractivity contribution is 5.79. The minimum Gasteiger partial charge on any atom is -0.481 e. The largest absolute Gasteiger partial charge is 0.481 e. The molecule has 4 heteroatoms. The summed E-state index contributed by atoms with van der Waals surface area (Å²) in [5.74, 6) is -0.423. The molecule has 0 bridgehead atoms. The SMILES string of the molecule is C=CC1CC(=O)N(C2CCC(C(=O)O)CC2)C1. The third-order valence-corrected chi connectivity index (χ3v) is 4.01. The monoisotopic (exact) mass is 237 g/mol. The van der Waals surface area contributed by atoms with Gasteiger partial charge in [-0.15, -0.1) is 6.58 Å². The van der Waals surface area contributed by atoms with Crippen LogP contribution in [0, 0.1) is 11.8 Å². The van der Waals surface area contributed by atoms with Crippen LogP contribution in [0.5, 0.6) is 0 Å². The molecule has 1 aliphatic carbocycles. The molecule has 0 aromatic rings. The fourth-order valence-electron chi connectivity index (χ4n) is 2.91. The van der Waals surface area contributed by atoms with E-state index in [0.717, 1.165) is 19.4 Å². The second kappa shape index (κ2) is 4.90. The molecule has 1 unspecified atom stereocenters. The van der Waals surface area contributed by atoms with Crippen LogP contribution in [0.2, 0.25) is 0 Å². The molecule has 1 saturated heterocycles. The second-order valence-corrected chi connectivity index (χ2v) is 5.09. The van der Waals surface area contributed by atoms with E-state index in [4.69, 9.17) is 5.11 Å². The predicted molar refractivity (Wildman–Crippen MR) is 63.4 cm³/mol. The summed E-state index contributed by atoms with van der Waals surface area (Å²) in [6, 6.07) is 0.253. The maximum atomic E-state index is 11.8. The quantitative estimate of drug-likeness (QED) is 0.759. The van der Waals surface area contributed by atoms with Gasteiger partial charge in [-0.3, -0.25) is 9.59 Å². The van der Waals surface area contributed by atoms with E-state index in [1.165, 1.54) is 0 Å². The highest BCUT2D eigenvalue weighted by Gasteiger charge is 2.36. The van der Waals surface area contributed by atoms with Crippen LogP contribution in [0.15, 0.2) is 12.7 Å². The Labute approximate surface area is 101 Å². The van der Waals surface area contributed by atoms with Crippen molar-refractivity contribution in [3.8, 4) is 0 Å². The van der Waals surface area contributed by atoms with E-state index in [9.17, 15) is 9.59 Å². The number of amides is 1. The van der Waals surface area contributed by atoms with Gasteiger partial charge in [0.1, 0.15) is 0 Å². The second-order valence-electron chi connectivity index (χ2n) is 5.09. The van der Waals surface area contributed by atoms with Crippen molar-refractivity contribution in [2.45, 2.75) is 38.1 Å². The van der Waals surface area contributed by atoms with Crippen LogP contribution >= 0.6 is 0 Å². The van der Waals surface area contributed by atoms with Gasteiger partial charge in [0.05, 0.1) is 5.92 Å². The molecule has 0 radical (unpaired) electrons. The summed E-state index contributed by atoms with van der Waals surface area (Å²) in [6.45, 7) is 4.50. The van der Waals surface area contributed by atoms with Gasteiger partial charge in [-0.1, -0.05) is 6.08 Å². The first kappa shape index (κ1) is 12.1. The summed E-state index contributed by atoms with van der Waals surface area (Å²) in [5.41, 5.74) is 0. The first-order chi connectivity index (χ1) is 8.11. The van der Waals surface area contributed by atoms with E-state index >= 15 is 0 Å². The zero-order valence-electron chi connectivity index (χ0n) is 9.97. The fraction of sp³-hybridized carbons (Fsp3) is 0.692. The summed E-state index contributed by atoms with van der Waals surface area (Å²) >= 11 is 0. The molecule has 17 heavy (non-hydrogen) atoms. The molecule has 2 rings (SSSR count). The van der Waals surface area contributed by atoms with Gasteiger partial charge < -0.3 is 10.0 Å². The van der Waals surface area contributed by atoms with E-state index in [1.54, 1.807) is 0 Å². The van der Waals surface area contributed by atoms with Gasteiger partial charge >= 0.3 is 5.97 Å². The average molecular weight is 237 g/mol. The van der Waals surface area contributed by atoms with Crippen LogP contribution in [0.3, 0.4) is 0 Å². The molecule has 1 N–H and O–H groups in total. The Hall–Kier alpha value is -1.32. The number of carbonyl (C=O) groups excluding carboxylic acids is 1. The summed E-state index contributed by atoms with van der Waals surface area (Å²) in [4.78, 5) is 24.6. The standard InChI is InChI=1S/C13H19NO3/c1-2-9-7-12(15)14(8-9)11-5-3-10(4-6-11)13(16)17/h2,9-11H,1,3-8H2,(H,16,17). The predicted octanol–water partition coefficient (Wildman–Crippen LogP) is 1.66. The van der Waals surface area contributed by atoms with Crippen LogP contribution in [0.4, 0.5) is 0 Å². The minimum atomic E-state index is -0.694. The van der Waals surface area contributed by atoms with Gasteiger partial charge in [-0.25, -0.2) is 0 Å². The molecule has 4 nitrogen and oxygen atoms in total. The molecule has 94 valence electrons. The third kappa shape index (κ3) is 2.51. The zero-order chi connectivity index (χ0) is 12.4. The number of aliphatic carboxylic acids is 1. The van der Waals surface area contributed by atoms with Gasteiger partial charge in [-0.05, 0) is 25.7 Å². The highest BCUT2D eigenvalue weighted by Crippen LogP contribution is 2.31. The lowest BCUT2D eigenvalue weighted by atomic mass is 9.85. The lowest BCUT2D eigenvalue weighted by Crippen LogP contribution is -2.40. The molecule has 2 fully saturated rings. The molecule has 1 amide bonds. The Balaban J connectivity index is 1.91. The number of nitrogens with zero attached hydrogens (tertiary/aromatic N) is 1. The molecular weight excluding hydrogens is 218 g/mol. The molecular formula is C13H19NO3. The lowest BCUT2D eigenvalue weighted by molar-refractivity contribution is -0.143. The van der Waals surface area contributed by atoms with E-state index in [2.05, 4.69) is 6.58 Å². The van der Waals surface area contributed by atoms with Crippen molar-refractivity contribution in [3.63, 3.8) is 0 Å². The Kier molecular flexibility index (Phi) is 3.50. The normalized spacial score (nSPS) is 33.8. The number of hydrogen-bond donors (Lipinski definition) is 1. The van der Waals surface area contributed by atoms with Gasteiger partial charge in [0.25, 0.3) is 0 Å². The first-order valence-electron chi connectivity index (χ1n) is 6.26. The van der Waals surface area contributed by atoms with Gasteiger partial charge in [-0.2, -0.15) is 0 Å². The topological polar surface area (TPSA) is 57.6 Å². The number of carbonyl (C=O) groups is 2. The smallest absolute Gasteiger partial charge is 0.306 e. The maximum absolute atomic E-state index is 11.8.